The predicted octanol–water partition coefficient (Wildman–Crippen LogP) is 1.07. The van der Waals surface area contributed by atoms with Crippen molar-refractivity contribution in [2.45, 2.75) is 18.7 Å². The van der Waals surface area contributed by atoms with Crippen molar-refractivity contribution in [1.29, 1.82) is 0 Å². The molecule has 0 aliphatic heterocycles. The summed E-state index contributed by atoms with van der Waals surface area (Å²) < 4.78 is 26.5. The van der Waals surface area contributed by atoms with Crippen molar-refractivity contribution >= 4 is 45.6 Å². The molecule has 1 rings (SSSR count). The second kappa shape index (κ2) is 11.1. The Morgan fingerprint density at radius 3 is 2.42 bits per heavy atom. The third-order valence-corrected chi connectivity index (χ3v) is 4.16. The fourth-order valence-electron chi connectivity index (χ4n) is 1.70. The highest BCUT2D eigenvalue weighted by Crippen LogP contribution is 2.16. The van der Waals surface area contributed by atoms with Gasteiger partial charge in [-0.15, -0.1) is 24.0 Å². The van der Waals surface area contributed by atoms with E-state index in [-0.39, 0.29) is 47.6 Å². The highest BCUT2D eigenvalue weighted by atomic mass is 127. The largest absolute Gasteiger partial charge is 0.357 e. The Morgan fingerprint density at radius 1 is 1.25 bits per heavy atom. The molecule has 24 heavy (non-hydrogen) atoms. The van der Waals surface area contributed by atoms with Gasteiger partial charge in [-0.25, -0.2) is 13.1 Å². The molecule has 0 saturated heterocycles. The van der Waals surface area contributed by atoms with Crippen LogP contribution < -0.4 is 15.4 Å². The number of rotatable bonds is 8. The van der Waals surface area contributed by atoms with Gasteiger partial charge in [0.1, 0.15) is 0 Å². The number of nitro groups is 1. The van der Waals surface area contributed by atoms with Crippen LogP contribution in [0.3, 0.4) is 0 Å². The first-order chi connectivity index (χ1) is 10.9. The van der Waals surface area contributed by atoms with Crippen LogP contribution in [0.5, 0.6) is 0 Å². The maximum atomic E-state index is 12.1. The molecular weight excluding hydrogens is 449 g/mol. The summed E-state index contributed by atoms with van der Waals surface area (Å²) in [5.41, 5.74) is -0.271. The van der Waals surface area contributed by atoms with Crippen molar-refractivity contribution in [3.63, 3.8) is 0 Å². The molecule has 1 aromatic rings. The summed E-state index contributed by atoms with van der Waals surface area (Å²) in [5, 5.41) is 16.7. The van der Waals surface area contributed by atoms with Crippen LogP contribution in [0.15, 0.2) is 34.2 Å². The molecule has 0 spiro atoms. The Kier molecular flexibility index (Phi) is 10.5. The zero-order valence-electron chi connectivity index (χ0n) is 13.5. The van der Waals surface area contributed by atoms with Gasteiger partial charge in [0, 0.05) is 31.8 Å². The van der Waals surface area contributed by atoms with Crippen LogP contribution in [-0.4, -0.2) is 45.5 Å². The first-order valence-electron chi connectivity index (χ1n) is 7.17. The molecule has 0 saturated carbocycles. The Balaban J connectivity index is 0.00000529. The zero-order chi connectivity index (χ0) is 17.3. The van der Waals surface area contributed by atoms with Crippen LogP contribution in [0.25, 0.3) is 0 Å². The molecule has 136 valence electrons. The first kappa shape index (κ1) is 22.5. The molecule has 0 aromatic heterocycles. The topological polar surface area (TPSA) is 126 Å². The first-order valence-corrected chi connectivity index (χ1v) is 8.65. The van der Waals surface area contributed by atoms with E-state index in [2.05, 4.69) is 20.3 Å². The number of non-ortho nitro benzene ring substituents is 1. The fourth-order valence-corrected chi connectivity index (χ4v) is 2.76. The Bertz CT molecular complexity index is 658. The van der Waals surface area contributed by atoms with Gasteiger partial charge in [0.15, 0.2) is 5.96 Å². The highest BCUT2D eigenvalue weighted by molar-refractivity contribution is 14.0. The van der Waals surface area contributed by atoms with E-state index in [9.17, 15) is 18.5 Å². The number of benzene rings is 1. The second-order valence-electron chi connectivity index (χ2n) is 4.44. The van der Waals surface area contributed by atoms with E-state index in [1.807, 2.05) is 13.8 Å². The standard InChI is InChI=1S/C13H21N5O4S.HI/c1-3-14-13(15-4-2)16-8-9-17-23(21,22)12-7-5-6-11(10-12)18(19)20;/h5-7,10,17H,3-4,8-9H2,1-2H3,(H2,14,15,16);1H. The molecule has 0 atom stereocenters. The molecule has 0 aliphatic carbocycles. The summed E-state index contributed by atoms with van der Waals surface area (Å²) in [6, 6.07) is 4.90. The van der Waals surface area contributed by atoms with Gasteiger partial charge in [-0.3, -0.25) is 15.1 Å². The number of hydrogen-bond acceptors (Lipinski definition) is 5. The molecular formula is C13H22IN5O4S. The molecule has 0 radical (unpaired) electrons. The number of hydrogen-bond donors (Lipinski definition) is 3. The van der Waals surface area contributed by atoms with Gasteiger partial charge in [0.25, 0.3) is 5.69 Å². The van der Waals surface area contributed by atoms with Crippen LogP contribution in [0.2, 0.25) is 0 Å². The monoisotopic (exact) mass is 471 g/mol. The predicted molar refractivity (Wildman–Crippen MR) is 103 cm³/mol. The number of nitrogens with one attached hydrogen (secondary N) is 3. The lowest BCUT2D eigenvalue weighted by molar-refractivity contribution is -0.385. The quantitative estimate of drug-likeness (QED) is 0.130. The molecule has 11 heteroatoms. The molecule has 0 aliphatic rings. The van der Waals surface area contributed by atoms with Gasteiger partial charge in [-0.05, 0) is 19.9 Å². The third kappa shape index (κ3) is 7.40. The summed E-state index contributed by atoms with van der Waals surface area (Å²) in [7, 11) is -3.80. The average Bonchev–Trinajstić information content (AvgIpc) is 2.52. The number of aliphatic imine (C=N–C) groups is 1. The number of guanidine groups is 1. The van der Waals surface area contributed by atoms with E-state index in [1.54, 1.807) is 0 Å². The van der Waals surface area contributed by atoms with Crippen molar-refractivity contribution < 1.29 is 13.3 Å². The highest BCUT2D eigenvalue weighted by Gasteiger charge is 2.16. The van der Waals surface area contributed by atoms with Gasteiger partial charge < -0.3 is 10.6 Å². The van der Waals surface area contributed by atoms with E-state index < -0.39 is 14.9 Å². The summed E-state index contributed by atoms with van der Waals surface area (Å²) in [4.78, 5) is 14.1. The summed E-state index contributed by atoms with van der Waals surface area (Å²) in [6.45, 7) is 5.58. The SMILES string of the molecule is CCNC(=NCCNS(=O)(=O)c1cccc([N+](=O)[O-])c1)NCC.I. The van der Waals surface area contributed by atoms with Crippen molar-refractivity contribution in [1.82, 2.24) is 15.4 Å². The normalized spacial score (nSPS) is 10.4. The van der Waals surface area contributed by atoms with Crippen LogP contribution >= 0.6 is 24.0 Å². The smallest absolute Gasteiger partial charge is 0.270 e. The van der Waals surface area contributed by atoms with Crippen LogP contribution in [0.4, 0.5) is 5.69 Å². The van der Waals surface area contributed by atoms with Crippen molar-refractivity contribution in [3.8, 4) is 0 Å². The van der Waals surface area contributed by atoms with Crippen LogP contribution in [-0.2, 0) is 10.0 Å². The molecule has 0 heterocycles. The zero-order valence-corrected chi connectivity index (χ0v) is 16.6. The minimum atomic E-state index is -3.80. The molecule has 9 nitrogen and oxygen atoms in total. The third-order valence-electron chi connectivity index (χ3n) is 2.70. The van der Waals surface area contributed by atoms with Crippen molar-refractivity contribution in [2.24, 2.45) is 4.99 Å². The van der Waals surface area contributed by atoms with Gasteiger partial charge in [-0.1, -0.05) is 6.07 Å². The number of nitrogens with zero attached hydrogens (tertiary/aromatic N) is 2. The number of nitro benzene ring substituents is 1. The summed E-state index contributed by atoms with van der Waals surface area (Å²) in [5.74, 6) is 0.601. The van der Waals surface area contributed by atoms with Crippen molar-refractivity contribution in [2.75, 3.05) is 26.2 Å². The maximum Gasteiger partial charge on any atom is 0.270 e. The lowest BCUT2D eigenvalue weighted by atomic mass is 10.3. The van der Waals surface area contributed by atoms with Crippen molar-refractivity contribution in [3.05, 3.63) is 34.4 Å². The fraction of sp³-hybridized carbons (Fsp3) is 0.462. The van der Waals surface area contributed by atoms with E-state index in [0.29, 0.717) is 19.0 Å². The number of halogens is 1. The lowest BCUT2D eigenvalue weighted by Crippen LogP contribution is -2.37. The average molecular weight is 471 g/mol. The van der Waals surface area contributed by atoms with Gasteiger partial charge in [-0.2, -0.15) is 0 Å². The van der Waals surface area contributed by atoms with Crippen LogP contribution in [0, 0.1) is 10.1 Å². The van der Waals surface area contributed by atoms with E-state index in [0.717, 1.165) is 6.07 Å². The summed E-state index contributed by atoms with van der Waals surface area (Å²) in [6.07, 6.45) is 0. The van der Waals surface area contributed by atoms with Gasteiger partial charge in [0.2, 0.25) is 10.0 Å². The second-order valence-corrected chi connectivity index (χ2v) is 6.21. The molecule has 0 fully saturated rings. The summed E-state index contributed by atoms with van der Waals surface area (Å²) >= 11 is 0. The molecule has 0 unspecified atom stereocenters. The maximum absolute atomic E-state index is 12.1. The van der Waals surface area contributed by atoms with E-state index >= 15 is 0 Å². The minimum Gasteiger partial charge on any atom is -0.357 e. The minimum absolute atomic E-state index is 0. The van der Waals surface area contributed by atoms with Gasteiger partial charge >= 0.3 is 0 Å². The lowest BCUT2D eigenvalue weighted by Gasteiger charge is -2.09. The van der Waals surface area contributed by atoms with Crippen LogP contribution in [0.1, 0.15) is 13.8 Å². The molecule has 1 aromatic carbocycles. The Hall–Kier alpha value is -1.47. The van der Waals surface area contributed by atoms with E-state index in [4.69, 9.17) is 0 Å². The Labute approximate surface area is 158 Å². The molecule has 0 amide bonds. The van der Waals surface area contributed by atoms with E-state index in [1.165, 1.54) is 18.2 Å². The molecule has 3 N–H and O–H groups in total. The number of sulfonamides is 1. The Morgan fingerprint density at radius 2 is 1.88 bits per heavy atom. The van der Waals surface area contributed by atoms with Gasteiger partial charge in [0.05, 0.1) is 16.4 Å². The molecule has 0 bridgehead atoms.